The second kappa shape index (κ2) is 15.8. The Labute approximate surface area is 279 Å². The molecule has 0 saturated heterocycles. The summed E-state index contributed by atoms with van der Waals surface area (Å²) in [6.07, 6.45) is 23.0. The molecular weight excluding hydrogens is 558 g/mol. The monoisotopic (exact) mass is 613 g/mol. The molecule has 1 heterocycles. The van der Waals surface area contributed by atoms with Crippen molar-refractivity contribution in [2.75, 3.05) is 0 Å². The molecule has 0 radical (unpaired) electrons. The SMILES string of the molecule is CC=C/C=C\c1[nH]cc(C#Cc2cc(C(=O)C3CCC3c3ccc(CCC4CCC(CCC)CCC4C)c(C)c3)ccc2C)c1C. The number of carbonyl (C=O) groups excluding carboxylic acids is 1. The van der Waals surface area contributed by atoms with Crippen LogP contribution in [0.15, 0.2) is 60.8 Å². The van der Waals surface area contributed by atoms with Gasteiger partial charge in [0.1, 0.15) is 0 Å². The van der Waals surface area contributed by atoms with Crippen LogP contribution in [0.3, 0.4) is 0 Å². The van der Waals surface area contributed by atoms with Gasteiger partial charge in [0.2, 0.25) is 0 Å². The van der Waals surface area contributed by atoms with Crippen LogP contribution in [-0.2, 0) is 6.42 Å². The number of allylic oxidation sites excluding steroid dienone is 3. The van der Waals surface area contributed by atoms with Crippen molar-refractivity contribution < 1.29 is 4.79 Å². The number of carbonyl (C=O) groups is 1. The highest BCUT2D eigenvalue weighted by atomic mass is 16.1. The van der Waals surface area contributed by atoms with Crippen molar-refractivity contribution in [1.82, 2.24) is 4.98 Å². The molecular formula is C44H55NO. The Morgan fingerprint density at radius 1 is 0.891 bits per heavy atom. The van der Waals surface area contributed by atoms with Crippen LogP contribution in [-0.4, -0.2) is 10.8 Å². The number of ketones is 1. The zero-order chi connectivity index (χ0) is 32.6. The van der Waals surface area contributed by atoms with Crippen molar-refractivity contribution in [3.63, 3.8) is 0 Å². The molecule has 0 bridgehead atoms. The van der Waals surface area contributed by atoms with Crippen LogP contribution in [0, 0.1) is 56.3 Å². The average molecular weight is 614 g/mol. The quantitative estimate of drug-likeness (QED) is 0.105. The first kappa shape index (κ1) is 33.8. The van der Waals surface area contributed by atoms with Crippen molar-refractivity contribution in [2.45, 2.75) is 112 Å². The lowest BCUT2D eigenvalue weighted by Crippen LogP contribution is -2.31. The minimum absolute atomic E-state index is 0.0510. The number of H-pyrrole nitrogens is 1. The minimum Gasteiger partial charge on any atom is -0.360 e. The second-order valence-corrected chi connectivity index (χ2v) is 14.3. The van der Waals surface area contributed by atoms with Crippen LogP contribution >= 0.6 is 0 Å². The third-order valence-corrected chi connectivity index (χ3v) is 11.3. The Bertz CT molecular complexity index is 1620. The predicted molar refractivity (Wildman–Crippen MR) is 195 cm³/mol. The number of aryl methyl sites for hydroxylation is 3. The zero-order valence-corrected chi connectivity index (χ0v) is 29.2. The summed E-state index contributed by atoms with van der Waals surface area (Å²) in [6, 6.07) is 13.2. The van der Waals surface area contributed by atoms with E-state index in [1.165, 1.54) is 68.1 Å². The first-order chi connectivity index (χ1) is 22.3. The lowest BCUT2D eigenvalue weighted by Gasteiger charge is -2.36. The lowest BCUT2D eigenvalue weighted by atomic mass is 9.66. The molecule has 2 fully saturated rings. The summed E-state index contributed by atoms with van der Waals surface area (Å²) in [4.78, 5) is 17.1. The maximum absolute atomic E-state index is 13.8. The maximum atomic E-state index is 13.8. The van der Waals surface area contributed by atoms with Gasteiger partial charge < -0.3 is 4.98 Å². The van der Waals surface area contributed by atoms with Gasteiger partial charge in [-0.05, 0) is 123 Å². The Morgan fingerprint density at radius 2 is 1.70 bits per heavy atom. The highest BCUT2D eigenvalue weighted by Crippen LogP contribution is 2.45. The van der Waals surface area contributed by atoms with Gasteiger partial charge in [-0.3, -0.25) is 4.79 Å². The third kappa shape index (κ3) is 8.04. The molecule has 0 amide bonds. The normalized spacial score (nSPS) is 23.2. The number of aromatic nitrogens is 1. The Kier molecular flexibility index (Phi) is 11.6. The molecule has 1 aromatic heterocycles. The first-order valence-electron chi connectivity index (χ1n) is 18.0. The van der Waals surface area contributed by atoms with Gasteiger partial charge in [0.25, 0.3) is 0 Å². The van der Waals surface area contributed by atoms with Gasteiger partial charge in [0.05, 0.1) is 0 Å². The van der Waals surface area contributed by atoms with Crippen molar-refractivity contribution >= 4 is 11.9 Å². The third-order valence-electron chi connectivity index (χ3n) is 11.3. The van der Waals surface area contributed by atoms with Crippen LogP contribution in [0.2, 0.25) is 0 Å². The lowest BCUT2D eigenvalue weighted by molar-refractivity contribution is 0.0819. The number of Topliss-reactive ketones (excluding diaryl/α,β-unsaturated/α-hetero) is 1. The molecule has 46 heavy (non-hydrogen) atoms. The van der Waals surface area contributed by atoms with E-state index in [0.717, 1.165) is 64.1 Å². The van der Waals surface area contributed by atoms with Crippen molar-refractivity contribution in [2.24, 2.45) is 23.7 Å². The Morgan fingerprint density at radius 3 is 2.43 bits per heavy atom. The van der Waals surface area contributed by atoms with E-state index in [4.69, 9.17) is 0 Å². The molecule has 5 atom stereocenters. The van der Waals surface area contributed by atoms with E-state index in [1.807, 2.05) is 43.5 Å². The fourth-order valence-corrected chi connectivity index (χ4v) is 7.86. The van der Waals surface area contributed by atoms with E-state index >= 15 is 0 Å². The molecule has 2 saturated carbocycles. The highest BCUT2D eigenvalue weighted by Gasteiger charge is 2.38. The number of hydrogen-bond donors (Lipinski definition) is 1. The molecule has 2 aromatic carbocycles. The summed E-state index contributed by atoms with van der Waals surface area (Å²) in [5, 5.41) is 0. The topological polar surface area (TPSA) is 32.9 Å². The summed E-state index contributed by atoms with van der Waals surface area (Å²) in [7, 11) is 0. The molecule has 1 N–H and O–H groups in total. The minimum atomic E-state index is 0.0510. The fourth-order valence-electron chi connectivity index (χ4n) is 7.86. The molecule has 5 unspecified atom stereocenters. The summed E-state index contributed by atoms with van der Waals surface area (Å²) >= 11 is 0. The summed E-state index contributed by atoms with van der Waals surface area (Å²) in [6.45, 7) is 13.3. The predicted octanol–water partition coefficient (Wildman–Crippen LogP) is 11.5. The van der Waals surface area contributed by atoms with Crippen LogP contribution in [0.1, 0.15) is 139 Å². The van der Waals surface area contributed by atoms with Gasteiger partial charge in [-0.25, -0.2) is 0 Å². The number of aromatic amines is 1. The Balaban J connectivity index is 1.23. The molecule has 2 heteroatoms. The number of nitrogens with one attached hydrogen (secondary N) is 1. The van der Waals surface area contributed by atoms with E-state index in [-0.39, 0.29) is 11.7 Å². The largest absolute Gasteiger partial charge is 0.360 e. The Hall–Kier alpha value is -3.57. The van der Waals surface area contributed by atoms with Gasteiger partial charge in [0, 0.05) is 34.5 Å². The van der Waals surface area contributed by atoms with Gasteiger partial charge in [-0.1, -0.05) is 106 Å². The average Bonchev–Trinajstić information content (AvgIpc) is 3.27. The van der Waals surface area contributed by atoms with Crippen LogP contribution in [0.25, 0.3) is 6.08 Å². The summed E-state index contributed by atoms with van der Waals surface area (Å²) in [5.74, 6) is 9.99. The van der Waals surface area contributed by atoms with E-state index in [9.17, 15) is 4.79 Å². The van der Waals surface area contributed by atoms with E-state index in [1.54, 1.807) is 0 Å². The van der Waals surface area contributed by atoms with Crippen LogP contribution < -0.4 is 0 Å². The van der Waals surface area contributed by atoms with Gasteiger partial charge in [-0.15, -0.1) is 0 Å². The summed E-state index contributed by atoms with van der Waals surface area (Å²) in [5.41, 5.74) is 10.2. The van der Waals surface area contributed by atoms with Crippen LogP contribution in [0.4, 0.5) is 0 Å². The molecule has 3 aromatic rings. The van der Waals surface area contributed by atoms with E-state index in [0.29, 0.717) is 5.92 Å². The zero-order valence-electron chi connectivity index (χ0n) is 29.2. The number of hydrogen-bond acceptors (Lipinski definition) is 1. The van der Waals surface area contributed by atoms with Crippen LogP contribution in [0.5, 0.6) is 0 Å². The fraction of sp³-hybridized carbons (Fsp3) is 0.477. The molecule has 0 spiro atoms. The van der Waals surface area contributed by atoms with Gasteiger partial charge in [-0.2, -0.15) is 0 Å². The first-order valence-corrected chi connectivity index (χ1v) is 18.0. The highest BCUT2D eigenvalue weighted by molar-refractivity contribution is 5.99. The summed E-state index contributed by atoms with van der Waals surface area (Å²) < 4.78 is 0. The van der Waals surface area contributed by atoms with Gasteiger partial charge in [0.15, 0.2) is 5.78 Å². The smallest absolute Gasteiger partial charge is 0.166 e. The second-order valence-electron chi connectivity index (χ2n) is 14.3. The van der Waals surface area contributed by atoms with Crippen molar-refractivity contribution in [3.8, 4) is 11.8 Å². The van der Waals surface area contributed by atoms with E-state index in [2.05, 4.69) is 81.8 Å². The molecule has 2 aliphatic carbocycles. The molecule has 242 valence electrons. The molecule has 0 aliphatic heterocycles. The van der Waals surface area contributed by atoms with Crippen molar-refractivity contribution in [1.29, 1.82) is 0 Å². The molecule has 2 aliphatic rings. The molecule has 5 rings (SSSR count). The molecule has 2 nitrogen and oxygen atoms in total. The standard InChI is InChI=1S/C44H55NO/c1-7-9-10-12-43-33(6)40(29-45-43)24-22-37-28-39(17-14-31(37)4)44(46)42-26-25-41(42)38-23-21-36(32(5)27-38)20-19-35-18-16-34(11-8-2)15-13-30(35)3/h7,9-10,12,14,17,21,23,27-30,34-35,41-42,45H,8,11,13,15-16,18-20,25-26H2,1-6H3/b9-7?,12-10-. The van der Waals surface area contributed by atoms with Crippen molar-refractivity contribution in [3.05, 3.63) is 111 Å². The maximum Gasteiger partial charge on any atom is 0.166 e. The number of benzene rings is 2. The van der Waals surface area contributed by atoms with E-state index < -0.39 is 0 Å². The number of rotatable bonds is 10. The van der Waals surface area contributed by atoms with Gasteiger partial charge >= 0.3 is 0 Å².